The first-order valence-electron chi connectivity index (χ1n) is 11.2. The second-order valence-corrected chi connectivity index (χ2v) is 8.64. The lowest BCUT2D eigenvalue weighted by Gasteiger charge is -2.27. The summed E-state index contributed by atoms with van der Waals surface area (Å²) in [7, 11) is 6.28. The van der Waals surface area contributed by atoms with E-state index in [9.17, 15) is 0 Å². The van der Waals surface area contributed by atoms with Crippen LogP contribution in [0.4, 0.5) is 0 Å². The molecule has 0 saturated heterocycles. The number of fused-ring (bicyclic) bond motifs is 3. The predicted molar refractivity (Wildman–Crippen MR) is 135 cm³/mol. The van der Waals surface area contributed by atoms with E-state index in [2.05, 4.69) is 91.0 Å². The quantitative estimate of drug-likeness (QED) is 0.317. The lowest BCUT2D eigenvalue weighted by Crippen LogP contribution is -2.10. The summed E-state index contributed by atoms with van der Waals surface area (Å²) in [6.45, 7) is 0. The van der Waals surface area contributed by atoms with Crippen molar-refractivity contribution in [3.63, 3.8) is 0 Å². The number of allylic oxidation sites excluding steroid dienone is 6. The molecule has 0 heterocycles. The molecule has 0 amide bonds. The first kappa shape index (κ1) is 18.5. The Labute approximate surface area is 185 Å². The average molecular weight is 394 g/mol. The van der Waals surface area contributed by atoms with Gasteiger partial charge < -0.3 is 0 Å². The van der Waals surface area contributed by atoms with E-state index in [-0.39, 0.29) is 0 Å². The van der Waals surface area contributed by atoms with E-state index >= 15 is 0 Å². The molecule has 0 N–H and O–H groups in total. The maximum absolute atomic E-state index is 6.28. The van der Waals surface area contributed by atoms with Gasteiger partial charge in [0.15, 0.2) is 0 Å². The third-order valence-electron chi connectivity index (χ3n) is 6.90. The molecular formula is C30H23B. The van der Waals surface area contributed by atoms with E-state index in [0.29, 0.717) is 5.92 Å². The van der Waals surface area contributed by atoms with Gasteiger partial charge in [0.25, 0.3) is 0 Å². The third-order valence-corrected chi connectivity index (χ3v) is 6.90. The summed E-state index contributed by atoms with van der Waals surface area (Å²) in [6, 6.07) is 26.1. The minimum atomic E-state index is 0.657. The molecule has 4 aromatic carbocycles. The van der Waals surface area contributed by atoms with Crippen molar-refractivity contribution in [2.45, 2.75) is 19.3 Å². The highest BCUT2D eigenvalue weighted by Gasteiger charge is 2.22. The molecule has 0 aliphatic heterocycles. The van der Waals surface area contributed by atoms with E-state index < -0.39 is 0 Å². The van der Waals surface area contributed by atoms with Crippen molar-refractivity contribution in [2.24, 2.45) is 5.92 Å². The molecule has 0 nitrogen and oxygen atoms in total. The third kappa shape index (κ3) is 2.99. The molecule has 146 valence electrons. The lowest BCUT2D eigenvalue weighted by molar-refractivity contribution is 0.568. The molecule has 0 saturated carbocycles. The van der Waals surface area contributed by atoms with Crippen LogP contribution in [0.15, 0.2) is 103 Å². The van der Waals surface area contributed by atoms with E-state index in [4.69, 9.17) is 7.85 Å². The summed E-state index contributed by atoms with van der Waals surface area (Å²) in [6.07, 6.45) is 13.0. The zero-order valence-corrected chi connectivity index (χ0v) is 17.5. The van der Waals surface area contributed by atoms with Crippen molar-refractivity contribution in [1.29, 1.82) is 0 Å². The highest BCUT2D eigenvalue weighted by Crippen LogP contribution is 2.42. The van der Waals surface area contributed by atoms with Crippen LogP contribution >= 0.6 is 0 Å². The molecule has 1 atom stereocenters. The Balaban J connectivity index is 1.63. The average Bonchev–Trinajstić information content (AvgIpc) is 2.84. The van der Waals surface area contributed by atoms with Crippen LogP contribution in [0.3, 0.4) is 0 Å². The lowest BCUT2D eigenvalue weighted by atomic mass is 9.78. The maximum Gasteiger partial charge on any atom is 0.114 e. The summed E-state index contributed by atoms with van der Waals surface area (Å²) >= 11 is 0. The number of rotatable bonds is 2. The largest absolute Gasteiger partial charge is 0.114 e. The molecule has 6 rings (SSSR count). The van der Waals surface area contributed by atoms with Crippen molar-refractivity contribution in [3.8, 4) is 11.1 Å². The summed E-state index contributed by atoms with van der Waals surface area (Å²) in [5, 5.41) is 4.92. The number of benzene rings is 4. The fourth-order valence-electron chi connectivity index (χ4n) is 5.37. The van der Waals surface area contributed by atoms with Gasteiger partial charge in [-0.2, -0.15) is 0 Å². The molecule has 0 fully saturated rings. The molecule has 1 heteroatoms. The molecule has 2 radical (unpaired) electrons. The second kappa shape index (κ2) is 7.43. The molecule has 1 unspecified atom stereocenters. The molecule has 2 aliphatic rings. The zero-order chi connectivity index (χ0) is 20.8. The molecule has 0 bridgehead atoms. The Bertz CT molecular complexity index is 1420. The van der Waals surface area contributed by atoms with Crippen molar-refractivity contribution >= 4 is 40.4 Å². The molecule has 0 spiro atoms. The van der Waals surface area contributed by atoms with Gasteiger partial charge >= 0.3 is 0 Å². The summed E-state index contributed by atoms with van der Waals surface area (Å²) in [5.41, 5.74) is 7.55. The Kier molecular flexibility index (Phi) is 4.42. The second-order valence-electron chi connectivity index (χ2n) is 8.64. The van der Waals surface area contributed by atoms with Crippen LogP contribution in [0.5, 0.6) is 0 Å². The van der Waals surface area contributed by atoms with Gasteiger partial charge in [-0.05, 0) is 74.6 Å². The Hall–Kier alpha value is -3.32. The Morgan fingerprint density at radius 3 is 2.00 bits per heavy atom. The SMILES string of the molecule is [B]c1ccc(-c2ccc(C3=C4C=CCCC4CC=C3)c3ccccc23)c2ccccc12. The van der Waals surface area contributed by atoms with Gasteiger partial charge in [0.1, 0.15) is 7.85 Å². The molecule has 2 aliphatic carbocycles. The van der Waals surface area contributed by atoms with Gasteiger partial charge in [-0.15, -0.1) is 0 Å². The molecule has 0 aromatic heterocycles. The van der Waals surface area contributed by atoms with Crippen molar-refractivity contribution in [2.75, 3.05) is 0 Å². The summed E-state index contributed by atoms with van der Waals surface area (Å²) in [4.78, 5) is 0. The Morgan fingerprint density at radius 1 is 0.613 bits per heavy atom. The van der Waals surface area contributed by atoms with Crippen molar-refractivity contribution in [3.05, 3.63) is 108 Å². The first-order chi connectivity index (χ1) is 15.3. The van der Waals surface area contributed by atoms with Gasteiger partial charge in [0, 0.05) is 0 Å². The molecular weight excluding hydrogens is 371 g/mol. The van der Waals surface area contributed by atoms with Crippen LogP contribution in [0.1, 0.15) is 24.8 Å². The van der Waals surface area contributed by atoms with Gasteiger partial charge in [0.05, 0.1) is 0 Å². The summed E-state index contributed by atoms with van der Waals surface area (Å²) < 4.78 is 0. The van der Waals surface area contributed by atoms with Gasteiger partial charge in [-0.1, -0.05) is 103 Å². The fourth-order valence-corrected chi connectivity index (χ4v) is 5.37. The van der Waals surface area contributed by atoms with Crippen LogP contribution in [0, 0.1) is 5.92 Å². The van der Waals surface area contributed by atoms with E-state index in [1.165, 1.54) is 56.8 Å². The smallest absolute Gasteiger partial charge is 0.0889 e. The zero-order valence-electron chi connectivity index (χ0n) is 17.5. The van der Waals surface area contributed by atoms with Crippen molar-refractivity contribution < 1.29 is 0 Å². The monoisotopic (exact) mass is 394 g/mol. The normalized spacial score (nSPS) is 18.0. The predicted octanol–water partition coefficient (Wildman–Crippen LogP) is 7.13. The van der Waals surface area contributed by atoms with Gasteiger partial charge in [-0.25, -0.2) is 0 Å². The van der Waals surface area contributed by atoms with Crippen LogP contribution in [-0.4, -0.2) is 7.85 Å². The van der Waals surface area contributed by atoms with Crippen LogP contribution in [0.2, 0.25) is 0 Å². The number of hydrogen-bond acceptors (Lipinski definition) is 0. The molecule has 31 heavy (non-hydrogen) atoms. The number of hydrogen-bond donors (Lipinski definition) is 0. The van der Waals surface area contributed by atoms with E-state index in [0.717, 1.165) is 17.3 Å². The van der Waals surface area contributed by atoms with Gasteiger partial charge in [-0.3, -0.25) is 0 Å². The first-order valence-corrected chi connectivity index (χ1v) is 11.2. The highest BCUT2D eigenvalue weighted by molar-refractivity contribution is 6.39. The van der Waals surface area contributed by atoms with E-state index in [1.807, 2.05) is 6.07 Å². The standard InChI is InChI=1S/C30H23B/c31-30-19-18-28(25-13-5-6-14-29(25)30)27-17-16-26(23-11-3-4-12-24(23)27)22-15-7-9-20-8-1-2-10-21(20)22/h2-7,10-20H,1,8-9H2. The van der Waals surface area contributed by atoms with E-state index in [1.54, 1.807) is 0 Å². The highest BCUT2D eigenvalue weighted by atomic mass is 14.3. The van der Waals surface area contributed by atoms with Gasteiger partial charge in [0.2, 0.25) is 0 Å². The van der Waals surface area contributed by atoms with Crippen LogP contribution < -0.4 is 5.46 Å². The summed E-state index contributed by atoms with van der Waals surface area (Å²) in [5.74, 6) is 0.657. The van der Waals surface area contributed by atoms with Crippen LogP contribution in [-0.2, 0) is 0 Å². The maximum atomic E-state index is 6.28. The minimum Gasteiger partial charge on any atom is -0.0889 e. The van der Waals surface area contributed by atoms with Crippen LogP contribution in [0.25, 0.3) is 38.2 Å². The Morgan fingerprint density at radius 2 is 1.23 bits per heavy atom. The minimum absolute atomic E-state index is 0.657. The molecule has 4 aromatic rings. The van der Waals surface area contributed by atoms with Crippen molar-refractivity contribution in [1.82, 2.24) is 0 Å². The topological polar surface area (TPSA) is 0 Å². The fraction of sp³-hybridized carbons (Fsp3) is 0.133.